The quantitative estimate of drug-likeness (QED) is 0.613. The smallest absolute Gasteiger partial charge is 0.0671 e. The first kappa shape index (κ1) is 8.97. The number of methoxy groups -OCH3 is 1. The molecule has 1 aliphatic heterocycles. The van der Waals surface area contributed by atoms with Gasteiger partial charge in [-0.3, -0.25) is 0 Å². The molecular formula is C8H17NO2. The predicted molar refractivity (Wildman–Crippen MR) is 43.5 cm³/mol. The third-order valence-corrected chi connectivity index (χ3v) is 2.10. The van der Waals surface area contributed by atoms with Gasteiger partial charge in [0.25, 0.3) is 0 Å². The first-order valence-electron chi connectivity index (χ1n) is 4.08. The molecule has 1 heterocycles. The Balaban J connectivity index is 2.30. The summed E-state index contributed by atoms with van der Waals surface area (Å²) in [5.41, 5.74) is 0. The van der Waals surface area contributed by atoms with E-state index >= 15 is 0 Å². The fourth-order valence-corrected chi connectivity index (χ4v) is 1.77. The largest absolute Gasteiger partial charge is 0.392 e. The highest BCUT2D eigenvalue weighted by Crippen LogP contribution is 2.15. The number of β-amino-alcohol motifs (C(OH)–C–C–N with tert-alkyl or cyclic N) is 1. The number of hydrogen-bond donors (Lipinski definition) is 1. The zero-order valence-corrected chi connectivity index (χ0v) is 7.29. The zero-order valence-electron chi connectivity index (χ0n) is 7.29. The van der Waals surface area contributed by atoms with Crippen molar-refractivity contribution in [1.29, 1.82) is 0 Å². The monoisotopic (exact) mass is 159 g/mol. The molecule has 0 aliphatic carbocycles. The highest BCUT2D eigenvalue weighted by atomic mass is 16.5. The maximum atomic E-state index is 9.38. The van der Waals surface area contributed by atoms with Gasteiger partial charge >= 0.3 is 0 Å². The van der Waals surface area contributed by atoms with Crippen molar-refractivity contribution in [3.63, 3.8) is 0 Å². The molecule has 0 aromatic heterocycles. The molecule has 11 heavy (non-hydrogen) atoms. The molecule has 1 rings (SSSR count). The molecule has 0 amide bonds. The lowest BCUT2D eigenvalue weighted by molar-refractivity contribution is 0.0227. The van der Waals surface area contributed by atoms with Crippen LogP contribution >= 0.6 is 0 Å². The second-order valence-corrected chi connectivity index (χ2v) is 3.43. The summed E-state index contributed by atoms with van der Waals surface area (Å²) in [7, 11) is 3.74. The van der Waals surface area contributed by atoms with Gasteiger partial charge < -0.3 is 14.7 Å². The molecule has 0 aromatic carbocycles. The first-order chi connectivity index (χ1) is 5.22. The lowest BCUT2D eigenvalue weighted by atomic mass is 9.97. The third kappa shape index (κ3) is 2.77. The number of likely N-dealkylation sites (tertiary alicyclic amines) is 1. The summed E-state index contributed by atoms with van der Waals surface area (Å²) >= 11 is 0. The van der Waals surface area contributed by atoms with Gasteiger partial charge in [-0.2, -0.15) is 0 Å². The lowest BCUT2D eigenvalue weighted by Crippen LogP contribution is -2.42. The van der Waals surface area contributed by atoms with E-state index in [0.717, 1.165) is 26.1 Å². The second-order valence-electron chi connectivity index (χ2n) is 3.43. The normalized spacial score (nSPS) is 34.1. The molecule has 2 atom stereocenters. The maximum absolute atomic E-state index is 9.38. The topological polar surface area (TPSA) is 32.7 Å². The van der Waals surface area contributed by atoms with E-state index < -0.39 is 0 Å². The van der Waals surface area contributed by atoms with Gasteiger partial charge in [0.1, 0.15) is 0 Å². The van der Waals surface area contributed by atoms with Crippen molar-refractivity contribution in [3.05, 3.63) is 0 Å². The van der Waals surface area contributed by atoms with Crippen molar-refractivity contribution < 1.29 is 9.84 Å². The van der Waals surface area contributed by atoms with Gasteiger partial charge in [-0.15, -0.1) is 0 Å². The highest BCUT2D eigenvalue weighted by molar-refractivity contribution is 4.76. The molecule has 2 unspecified atom stereocenters. The van der Waals surface area contributed by atoms with Crippen molar-refractivity contribution in [3.8, 4) is 0 Å². The third-order valence-electron chi connectivity index (χ3n) is 2.10. The molecule has 1 N–H and O–H groups in total. The Morgan fingerprint density at radius 1 is 1.55 bits per heavy atom. The Labute approximate surface area is 68.0 Å². The Morgan fingerprint density at radius 3 is 2.82 bits per heavy atom. The van der Waals surface area contributed by atoms with Crippen LogP contribution in [0.15, 0.2) is 0 Å². The maximum Gasteiger partial charge on any atom is 0.0671 e. The summed E-state index contributed by atoms with van der Waals surface area (Å²) in [6.45, 7) is 2.62. The zero-order chi connectivity index (χ0) is 8.27. The molecule has 3 heteroatoms. The molecule has 0 saturated carbocycles. The molecule has 0 spiro atoms. The standard InChI is InChI=1S/C8H17NO2/c1-9-4-7(6-11-2)3-8(10)5-9/h7-8,10H,3-6H2,1-2H3. The lowest BCUT2D eigenvalue weighted by Gasteiger charge is -2.32. The number of aliphatic hydroxyl groups is 1. The number of hydrogen-bond acceptors (Lipinski definition) is 3. The van der Waals surface area contributed by atoms with Crippen molar-refractivity contribution in [2.45, 2.75) is 12.5 Å². The van der Waals surface area contributed by atoms with Crippen LogP contribution in [-0.4, -0.2) is 50.0 Å². The van der Waals surface area contributed by atoms with Gasteiger partial charge in [-0.1, -0.05) is 0 Å². The van der Waals surface area contributed by atoms with E-state index in [9.17, 15) is 5.11 Å². The van der Waals surface area contributed by atoms with E-state index in [1.807, 2.05) is 7.05 Å². The van der Waals surface area contributed by atoms with Gasteiger partial charge in [0, 0.05) is 20.2 Å². The minimum Gasteiger partial charge on any atom is -0.392 e. The van der Waals surface area contributed by atoms with Crippen LogP contribution in [-0.2, 0) is 4.74 Å². The number of nitrogens with zero attached hydrogens (tertiary/aromatic N) is 1. The van der Waals surface area contributed by atoms with E-state index in [2.05, 4.69) is 4.90 Å². The summed E-state index contributed by atoms with van der Waals surface area (Å²) in [5.74, 6) is 0.508. The van der Waals surface area contributed by atoms with E-state index in [1.165, 1.54) is 0 Å². The van der Waals surface area contributed by atoms with Crippen molar-refractivity contribution in [2.75, 3.05) is 33.9 Å². The van der Waals surface area contributed by atoms with E-state index in [-0.39, 0.29) is 6.10 Å². The van der Waals surface area contributed by atoms with Crippen LogP contribution in [0, 0.1) is 5.92 Å². The van der Waals surface area contributed by atoms with Crippen LogP contribution in [0.4, 0.5) is 0 Å². The van der Waals surface area contributed by atoms with Gasteiger partial charge in [0.2, 0.25) is 0 Å². The van der Waals surface area contributed by atoms with Crippen LogP contribution in [0.2, 0.25) is 0 Å². The fraction of sp³-hybridized carbons (Fsp3) is 1.00. The van der Waals surface area contributed by atoms with Crippen LogP contribution in [0.25, 0.3) is 0 Å². The Morgan fingerprint density at radius 2 is 2.27 bits per heavy atom. The van der Waals surface area contributed by atoms with Crippen LogP contribution < -0.4 is 0 Å². The molecule has 0 bridgehead atoms. The predicted octanol–water partition coefficient (Wildman–Crippen LogP) is -0.0546. The number of ether oxygens (including phenoxy) is 1. The van der Waals surface area contributed by atoms with Gasteiger partial charge in [-0.25, -0.2) is 0 Å². The van der Waals surface area contributed by atoms with E-state index in [0.29, 0.717) is 5.92 Å². The number of rotatable bonds is 2. The summed E-state index contributed by atoms with van der Waals surface area (Å²) in [4.78, 5) is 2.15. The van der Waals surface area contributed by atoms with Crippen LogP contribution in [0.3, 0.4) is 0 Å². The molecule has 0 radical (unpaired) electrons. The second kappa shape index (κ2) is 4.04. The highest BCUT2D eigenvalue weighted by Gasteiger charge is 2.23. The molecule has 0 aromatic rings. The fourth-order valence-electron chi connectivity index (χ4n) is 1.77. The van der Waals surface area contributed by atoms with Gasteiger partial charge in [-0.05, 0) is 19.4 Å². The minimum atomic E-state index is -0.158. The Kier molecular flexibility index (Phi) is 3.30. The van der Waals surface area contributed by atoms with E-state index in [1.54, 1.807) is 7.11 Å². The summed E-state index contributed by atoms with van der Waals surface area (Å²) in [5, 5.41) is 9.38. The van der Waals surface area contributed by atoms with Crippen molar-refractivity contribution in [1.82, 2.24) is 4.90 Å². The molecular weight excluding hydrogens is 142 g/mol. The number of likely N-dealkylation sites (N-methyl/N-ethyl adjacent to an activating group) is 1. The molecule has 66 valence electrons. The summed E-state index contributed by atoms with van der Waals surface area (Å²) < 4.78 is 5.04. The van der Waals surface area contributed by atoms with Gasteiger partial charge in [0.05, 0.1) is 12.7 Å². The molecule has 1 saturated heterocycles. The minimum absolute atomic E-state index is 0.158. The molecule has 1 aliphatic rings. The van der Waals surface area contributed by atoms with Crippen LogP contribution in [0.5, 0.6) is 0 Å². The van der Waals surface area contributed by atoms with Crippen LogP contribution in [0.1, 0.15) is 6.42 Å². The average Bonchev–Trinajstić information content (AvgIpc) is 1.85. The molecule has 1 fully saturated rings. The van der Waals surface area contributed by atoms with Crippen molar-refractivity contribution >= 4 is 0 Å². The average molecular weight is 159 g/mol. The van der Waals surface area contributed by atoms with E-state index in [4.69, 9.17) is 4.74 Å². The Hall–Kier alpha value is -0.120. The first-order valence-corrected chi connectivity index (χ1v) is 4.08. The Bertz CT molecular complexity index is 109. The SMILES string of the molecule is COCC1CC(O)CN(C)C1. The molecule has 3 nitrogen and oxygen atoms in total. The number of piperidine rings is 1. The summed E-state index contributed by atoms with van der Waals surface area (Å²) in [6, 6.07) is 0. The van der Waals surface area contributed by atoms with Crippen molar-refractivity contribution in [2.24, 2.45) is 5.92 Å². The van der Waals surface area contributed by atoms with Gasteiger partial charge in [0.15, 0.2) is 0 Å². The summed E-state index contributed by atoms with van der Waals surface area (Å²) in [6.07, 6.45) is 0.729. The number of aliphatic hydroxyl groups excluding tert-OH is 1.